The van der Waals surface area contributed by atoms with Crippen molar-refractivity contribution in [1.82, 2.24) is 14.8 Å². The number of thioether (sulfide) groups is 1. The largest absolute Gasteiger partial charge is 0.336 e. The molecule has 2 aliphatic rings. The molecule has 0 unspecified atom stereocenters. The molecule has 2 aliphatic heterocycles. The summed E-state index contributed by atoms with van der Waals surface area (Å²) in [5.41, 5.74) is 2.42. The number of nitrogens with zero attached hydrogens (tertiary/aromatic N) is 3. The summed E-state index contributed by atoms with van der Waals surface area (Å²) in [6.45, 7) is 7.08. The van der Waals surface area contributed by atoms with E-state index in [1.54, 1.807) is 11.3 Å². The number of fused-ring (bicyclic) bond motifs is 2. The number of piperazine rings is 1. The Morgan fingerprint density at radius 3 is 2.71 bits per heavy atom. The van der Waals surface area contributed by atoms with Crippen LogP contribution in [0, 0.1) is 0 Å². The van der Waals surface area contributed by atoms with Crippen molar-refractivity contribution in [3.8, 4) is 0 Å². The zero-order valence-electron chi connectivity index (χ0n) is 17.5. The Kier molecular flexibility index (Phi) is 5.45. The van der Waals surface area contributed by atoms with Crippen molar-refractivity contribution >= 4 is 50.8 Å². The van der Waals surface area contributed by atoms with E-state index in [4.69, 9.17) is 4.98 Å². The lowest BCUT2D eigenvalue weighted by molar-refractivity contribution is -0.115. The number of carbonyl (C=O) groups is 2. The topological polar surface area (TPSA) is 65.5 Å². The Balaban J connectivity index is 1.24. The zero-order chi connectivity index (χ0) is 21.5. The van der Waals surface area contributed by atoms with Gasteiger partial charge in [0.2, 0.25) is 5.91 Å². The first-order chi connectivity index (χ1) is 15.0. The molecule has 0 spiro atoms. The highest BCUT2D eigenvalue weighted by Gasteiger charge is 2.28. The van der Waals surface area contributed by atoms with Gasteiger partial charge in [0, 0.05) is 36.6 Å². The van der Waals surface area contributed by atoms with Crippen molar-refractivity contribution in [3.63, 3.8) is 0 Å². The maximum absolute atomic E-state index is 13.1. The number of benzene rings is 2. The molecular formula is C23H24N4O2S2. The van der Waals surface area contributed by atoms with Crippen LogP contribution in [0.15, 0.2) is 47.4 Å². The summed E-state index contributed by atoms with van der Waals surface area (Å²) in [4.78, 5) is 35.2. The van der Waals surface area contributed by atoms with Crippen LogP contribution in [-0.2, 0) is 4.79 Å². The van der Waals surface area contributed by atoms with Gasteiger partial charge in [0.1, 0.15) is 5.01 Å². The van der Waals surface area contributed by atoms with E-state index in [9.17, 15) is 9.59 Å². The van der Waals surface area contributed by atoms with Gasteiger partial charge in [-0.1, -0.05) is 12.1 Å². The van der Waals surface area contributed by atoms with Crippen molar-refractivity contribution in [1.29, 1.82) is 0 Å². The first-order valence-corrected chi connectivity index (χ1v) is 12.2. The third-order valence-corrected chi connectivity index (χ3v) is 8.36. The lowest BCUT2D eigenvalue weighted by atomic mass is 10.1. The number of rotatable bonds is 3. The van der Waals surface area contributed by atoms with E-state index in [0.717, 1.165) is 34.2 Å². The molecule has 1 fully saturated rings. The van der Waals surface area contributed by atoms with Gasteiger partial charge in [0.25, 0.3) is 5.91 Å². The molecule has 1 N–H and O–H groups in total. The van der Waals surface area contributed by atoms with Crippen LogP contribution < -0.4 is 5.32 Å². The van der Waals surface area contributed by atoms with Crippen LogP contribution in [0.1, 0.15) is 35.3 Å². The van der Waals surface area contributed by atoms with E-state index in [0.29, 0.717) is 18.7 Å². The molecule has 3 aromatic rings. The van der Waals surface area contributed by atoms with E-state index >= 15 is 0 Å². The Morgan fingerprint density at radius 2 is 1.94 bits per heavy atom. The van der Waals surface area contributed by atoms with Crippen LogP contribution in [0.25, 0.3) is 10.2 Å². The van der Waals surface area contributed by atoms with Gasteiger partial charge >= 0.3 is 0 Å². The second kappa shape index (κ2) is 8.26. The minimum absolute atomic E-state index is 0.0143. The molecule has 1 saturated heterocycles. The van der Waals surface area contributed by atoms with Gasteiger partial charge in [-0.15, -0.1) is 23.1 Å². The molecule has 3 heterocycles. The lowest BCUT2D eigenvalue weighted by Gasteiger charge is -2.37. The smallest absolute Gasteiger partial charge is 0.254 e. The van der Waals surface area contributed by atoms with Crippen LogP contribution in [0.3, 0.4) is 0 Å². The minimum atomic E-state index is -0.112. The second-order valence-electron chi connectivity index (χ2n) is 7.98. The SMILES string of the molecule is C[C@@H]1Sc2ccc(C(=O)N3CCN([C@@H](C)c4nc5ccccc5s4)CC3)cc2NC1=O. The third-order valence-electron chi connectivity index (χ3n) is 5.97. The maximum atomic E-state index is 13.1. The fraction of sp³-hybridized carbons (Fsp3) is 0.348. The highest BCUT2D eigenvalue weighted by atomic mass is 32.2. The molecule has 8 heteroatoms. The molecule has 0 radical (unpaired) electrons. The predicted octanol–water partition coefficient (Wildman–Crippen LogP) is 4.25. The zero-order valence-corrected chi connectivity index (χ0v) is 19.1. The molecule has 0 bridgehead atoms. The van der Waals surface area contributed by atoms with Gasteiger partial charge < -0.3 is 10.2 Å². The van der Waals surface area contributed by atoms with Gasteiger partial charge in [-0.3, -0.25) is 14.5 Å². The van der Waals surface area contributed by atoms with E-state index < -0.39 is 0 Å². The molecule has 0 aliphatic carbocycles. The van der Waals surface area contributed by atoms with E-state index in [1.807, 2.05) is 42.2 Å². The normalized spacial score (nSPS) is 20.4. The average Bonchev–Trinajstić information content (AvgIpc) is 3.23. The quantitative estimate of drug-likeness (QED) is 0.644. The van der Waals surface area contributed by atoms with E-state index in [1.165, 1.54) is 16.5 Å². The van der Waals surface area contributed by atoms with Crippen LogP contribution >= 0.6 is 23.1 Å². The summed E-state index contributed by atoms with van der Waals surface area (Å²) in [6, 6.07) is 14.1. The number of nitrogens with one attached hydrogen (secondary N) is 1. The number of aromatic nitrogens is 1. The van der Waals surface area contributed by atoms with Crippen molar-refractivity contribution in [3.05, 3.63) is 53.0 Å². The van der Waals surface area contributed by atoms with Gasteiger partial charge in [-0.2, -0.15) is 0 Å². The standard InChI is InChI=1S/C23H24N4O2S2/c1-14(22-25-17-5-3-4-6-19(17)31-22)26-9-11-27(12-10-26)23(29)16-7-8-20-18(13-16)24-21(28)15(2)30-20/h3-8,13-15H,9-12H2,1-2H3,(H,24,28)/t14-,15-/m0/s1. The number of thiazole rings is 1. The summed E-state index contributed by atoms with van der Waals surface area (Å²) in [7, 11) is 0. The van der Waals surface area contributed by atoms with E-state index in [2.05, 4.69) is 29.3 Å². The molecule has 2 amide bonds. The van der Waals surface area contributed by atoms with E-state index in [-0.39, 0.29) is 23.1 Å². The molecule has 1 aromatic heterocycles. The Hall–Kier alpha value is -2.42. The molecule has 2 aromatic carbocycles. The summed E-state index contributed by atoms with van der Waals surface area (Å²) in [6.07, 6.45) is 0. The summed E-state index contributed by atoms with van der Waals surface area (Å²) in [5.74, 6) is 0.00695. The molecule has 6 nitrogen and oxygen atoms in total. The van der Waals surface area contributed by atoms with Crippen molar-refractivity contribution in [2.24, 2.45) is 0 Å². The number of amides is 2. The Bertz CT molecular complexity index is 1120. The molecule has 31 heavy (non-hydrogen) atoms. The summed E-state index contributed by atoms with van der Waals surface area (Å²) < 4.78 is 1.21. The second-order valence-corrected chi connectivity index (χ2v) is 10.4. The molecule has 160 valence electrons. The number of hydrogen-bond acceptors (Lipinski definition) is 6. The Labute approximate surface area is 189 Å². The van der Waals surface area contributed by atoms with Crippen molar-refractivity contribution in [2.45, 2.75) is 30.0 Å². The average molecular weight is 453 g/mol. The molecular weight excluding hydrogens is 428 g/mol. The number of carbonyl (C=O) groups excluding carboxylic acids is 2. The van der Waals surface area contributed by atoms with Gasteiger partial charge in [-0.25, -0.2) is 4.98 Å². The highest BCUT2D eigenvalue weighted by molar-refractivity contribution is 8.00. The monoisotopic (exact) mass is 452 g/mol. The summed E-state index contributed by atoms with van der Waals surface area (Å²) in [5, 5.41) is 3.93. The summed E-state index contributed by atoms with van der Waals surface area (Å²) >= 11 is 3.28. The Morgan fingerprint density at radius 1 is 1.16 bits per heavy atom. The molecule has 0 saturated carbocycles. The van der Waals surface area contributed by atoms with Gasteiger partial charge in [-0.05, 0) is 44.2 Å². The van der Waals surface area contributed by atoms with Crippen LogP contribution in [0.5, 0.6) is 0 Å². The first kappa shape index (κ1) is 20.5. The minimum Gasteiger partial charge on any atom is -0.336 e. The van der Waals surface area contributed by atoms with Gasteiger partial charge in [0.05, 0.1) is 27.2 Å². The molecule has 2 atom stereocenters. The van der Waals surface area contributed by atoms with Crippen molar-refractivity contribution in [2.75, 3.05) is 31.5 Å². The first-order valence-electron chi connectivity index (χ1n) is 10.5. The van der Waals surface area contributed by atoms with Gasteiger partial charge in [0.15, 0.2) is 0 Å². The number of anilines is 1. The van der Waals surface area contributed by atoms with Crippen molar-refractivity contribution < 1.29 is 9.59 Å². The number of hydrogen-bond donors (Lipinski definition) is 1. The fourth-order valence-corrected chi connectivity index (χ4v) is 6.05. The third kappa shape index (κ3) is 3.95. The maximum Gasteiger partial charge on any atom is 0.254 e. The number of para-hydroxylation sites is 1. The van der Waals surface area contributed by atoms with Crippen LogP contribution in [0.4, 0.5) is 5.69 Å². The van der Waals surface area contributed by atoms with Crippen LogP contribution in [0.2, 0.25) is 0 Å². The lowest BCUT2D eigenvalue weighted by Crippen LogP contribution is -2.49. The molecule has 5 rings (SSSR count). The highest BCUT2D eigenvalue weighted by Crippen LogP contribution is 2.36. The fourth-order valence-electron chi connectivity index (χ4n) is 4.06. The van der Waals surface area contributed by atoms with Crippen LogP contribution in [-0.4, -0.2) is 58.0 Å². The predicted molar refractivity (Wildman–Crippen MR) is 126 cm³/mol.